The molecule has 4 nitrogen and oxygen atoms in total. The van der Waals surface area contributed by atoms with Crippen LogP contribution in [-0.2, 0) is 0 Å². The van der Waals surface area contributed by atoms with Crippen molar-refractivity contribution in [3.8, 4) is 11.5 Å². The summed E-state index contributed by atoms with van der Waals surface area (Å²) in [4.78, 5) is 0. The summed E-state index contributed by atoms with van der Waals surface area (Å²) in [5, 5.41) is 17.3. The highest BCUT2D eigenvalue weighted by atomic mass is 16.3. The van der Waals surface area contributed by atoms with Gasteiger partial charge in [0.15, 0.2) is 0 Å². The second-order valence-electron chi connectivity index (χ2n) is 3.19. The van der Waals surface area contributed by atoms with Crippen LogP contribution in [0.5, 0.6) is 11.5 Å². The van der Waals surface area contributed by atoms with E-state index in [9.17, 15) is 0 Å². The molecule has 0 unspecified atom stereocenters. The number of phenolic OH excluding ortho intramolecular Hbond substituents is 2. The number of hydrogen-bond acceptors (Lipinski definition) is 4. The highest BCUT2D eigenvalue weighted by Gasteiger charge is 1.85. The zero-order valence-electron chi connectivity index (χ0n) is 8.67. The molecule has 0 bridgehead atoms. The van der Waals surface area contributed by atoms with Gasteiger partial charge in [-0.3, -0.25) is 0 Å². The zero-order valence-corrected chi connectivity index (χ0v) is 8.67. The molecule has 0 atom stereocenters. The van der Waals surface area contributed by atoms with Crippen molar-refractivity contribution in [2.24, 2.45) is 0 Å². The quantitative estimate of drug-likeness (QED) is 0.508. The number of benzene rings is 2. The summed E-state index contributed by atoms with van der Waals surface area (Å²) in [6.07, 6.45) is 0. The Kier molecular flexibility index (Phi) is 4.03. The molecule has 0 aliphatic heterocycles. The molecule has 0 spiro atoms. The minimum absolute atomic E-state index is 0.0880. The van der Waals surface area contributed by atoms with E-state index in [1.165, 1.54) is 18.2 Å². The van der Waals surface area contributed by atoms with Gasteiger partial charge in [0.25, 0.3) is 0 Å². The summed E-state index contributed by atoms with van der Waals surface area (Å²) in [6, 6.07) is 12.9. The van der Waals surface area contributed by atoms with Gasteiger partial charge < -0.3 is 21.7 Å². The molecule has 4 heteroatoms. The molecule has 0 heterocycles. The van der Waals surface area contributed by atoms with E-state index in [0.29, 0.717) is 0 Å². The highest BCUT2D eigenvalue weighted by Crippen LogP contribution is 2.14. The van der Waals surface area contributed by atoms with Gasteiger partial charge in [0, 0.05) is 17.4 Å². The molecule has 0 amide bonds. The number of nitrogen functional groups attached to an aromatic ring is 2. The minimum Gasteiger partial charge on any atom is -0.508 e. The predicted molar refractivity (Wildman–Crippen MR) is 65.0 cm³/mol. The third-order valence-corrected chi connectivity index (χ3v) is 1.77. The average Bonchev–Trinajstić information content (AvgIpc) is 2.23. The summed E-state index contributed by atoms with van der Waals surface area (Å²) in [5.74, 6) is 0.176. The van der Waals surface area contributed by atoms with E-state index >= 15 is 0 Å². The fourth-order valence-corrected chi connectivity index (χ4v) is 0.989. The molecule has 6 N–H and O–H groups in total. The van der Waals surface area contributed by atoms with Crippen LogP contribution in [0.2, 0.25) is 0 Å². The van der Waals surface area contributed by atoms with E-state index in [0.717, 1.165) is 11.4 Å². The van der Waals surface area contributed by atoms with Gasteiger partial charge >= 0.3 is 0 Å². The fraction of sp³-hybridized carbons (Fsp3) is 0. The van der Waals surface area contributed by atoms with Crippen LogP contribution in [0.25, 0.3) is 0 Å². The molecular weight excluding hydrogens is 204 g/mol. The van der Waals surface area contributed by atoms with Crippen LogP contribution in [0.1, 0.15) is 0 Å². The average molecular weight is 218 g/mol. The Morgan fingerprint density at radius 2 is 1.06 bits per heavy atom. The summed E-state index contributed by atoms with van der Waals surface area (Å²) in [6.45, 7) is 0. The first-order valence-electron chi connectivity index (χ1n) is 4.67. The molecule has 0 radical (unpaired) electrons. The maximum atomic E-state index is 8.65. The molecule has 2 aromatic rings. The largest absolute Gasteiger partial charge is 0.508 e. The minimum atomic E-state index is 0.0880. The molecule has 16 heavy (non-hydrogen) atoms. The molecule has 2 aromatic carbocycles. The lowest BCUT2D eigenvalue weighted by atomic mass is 10.3. The van der Waals surface area contributed by atoms with E-state index in [1.807, 2.05) is 0 Å². The van der Waals surface area contributed by atoms with Gasteiger partial charge in [-0.2, -0.15) is 0 Å². The molecular formula is C12H14N2O2. The molecule has 0 aliphatic rings. The van der Waals surface area contributed by atoms with Gasteiger partial charge in [0.05, 0.1) is 0 Å². The molecule has 0 aromatic heterocycles. The van der Waals surface area contributed by atoms with Crippen LogP contribution in [0.15, 0.2) is 48.5 Å². The van der Waals surface area contributed by atoms with Crippen molar-refractivity contribution >= 4 is 11.4 Å². The van der Waals surface area contributed by atoms with Crippen molar-refractivity contribution in [3.63, 3.8) is 0 Å². The van der Waals surface area contributed by atoms with E-state index in [1.54, 1.807) is 30.3 Å². The first-order chi connectivity index (χ1) is 7.58. The molecule has 0 aliphatic carbocycles. The van der Waals surface area contributed by atoms with Crippen molar-refractivity contribution in [1.29, 1.82) is 0 Å². The predicted octanol–water partition coefficient (Wildman–Crippen LogP) is 1.95. The van der Waals surface area contributed by atoms with Crippen LogP contribution < -0.4 is 11.5 Å². The van der Waals surface area contributed by atoms with Crippen LogP contribution in [0.3, 0.4) is 0 Å². The maximum absolute atomic E-state index is 8.65. The second kappa shape index (κ2) is 5.50. The Bertz CT molecular complexity index is 403. The number of phenols is 2. The molecule has 0 saturated heterocycles. The summed E-state index contributed by atoms with van der Waals surface area (Å²) in [5.41, 5.74) is 12.2. The number of anilines is 2. The van der Waals surface area contributed by atoms with E-state index < -0.39 is 0 Å². The summed E-state index contributed by atoms with van der Waals surface area (Å²) in [7, 11) is 0. The Labute approximate surface area is 93.8 Å². The zero-order chi connectivity index (χ0) is 12.0. The summed E-state index contributed by atoms with van der Waals surface area (Å²) < 4.78 is 0. The van der Waals surface area contributed by atoms with Crippen molar-refractivity contribution in [3.05, 3.63) is 48.5 Å². The third-order valence-electron chi connectivity index (χ3n) is 1.77. The van der Waals surface area contributed by atoms with E-state index in [-0.39, 0.29) is 11.5 Å². The standard InChI is InChI=1S/C6H8N2.C6H6O2/c7-5-1-2-6(8)4-3-5;7-5-2-1-3-6(8)4-5/h1-4H,7-8H2;1-4,7-8H. The van der Waals surface area contributed by atoms with Gasteiger partial charge in [-0.05, 0) is 36.4 Å². The first kappa shape index (κ1) is 11.7. The van der Waals surface area contributed by atoms with Gasteiger partial charge in [-0.1, -0.05) is 6.07 Å². The Hall–Kier alpha value is -2.36. The van der Waals surface area contributed by atoms with Crippen molar-refractivity contribution in [2.45, 2.75) is 0 Å². The SMILES string of the molecule is Nc1ccc(N)cc1.Oc1cccc(O)c1. The van der Waals surface area contributed by atoms with E-state index in [4.69, 9.17) is 21.7 Å². The Balaban J connectivity index is 0.000000160. The number of rotatable bonds is 0. The van der Waals surface area contributed by atoms with Gasteiger partial charge in [-0.15, -0.1) is 0 Å². The number of aromatic hydroxyl groups is 2. The molecule has 84 valence electrons. The number of nitrogens with two attached hydrogens (primary N) is 2. The summed E-state index contributed by atoms with van der Waals surface area (Å²) >= 11 is 0. The first-order valence-corrected chi connectivity index (χ1v) is 4.67. The topological polar surface area (TPSA) is 92.5 Å². The van der Waals surface area contributed by atoms with Gasteiger partial charge in [0.1, 0.15) is 11.5 Å². The van der Waals surface area contributed by atoms with Crippen molar-refractivity contribution < 1.29 is 10.2 Å². The van der Waals surface area contributed by atoms with Crippen molar-refractivity contribution in [2.75, 3.05) is 11.5 Å². The monoisotopic (exact) mass is 218 g/mol. The molecule has 2 rings (SSSR count). The van der Waals surface area contributed by atoms with Gasteiger partial charge in [-0.25, -0.2) is 0 Å². The second-order valence-corrected chi connectivity index (χ2v) is 3.19. The lowest BCUT2D eigenvalue weighted by molar-refractivity contribution is 0.450. The van der Waals surface area contributed by atoms with Crippen LogP contribution >= 0.6 is 0 Å². The molecule has 0 fully saturated rings. The van der Waals surface area contributed by atoms with E-state index in [2.05, 4.69) is 0 Å². The lowest BCUT2D eigenvalue weighted by Gasteiger charge is -1.90. The number of hydrogen-bond donors (Lipinski definition) is 4. The maximum Gasteiger partial charge on any atom is 0.119 e. The van der Waals surface area contributed by atoms with Crippen molar-refractivity contribution in [1.82, 2.24) is 0 Å². The van der Waals surface area contributed by atoms with Crippen LogP contribution in [0, 0.1) is 0 Å². The molecule has 0 saturated carbocycles. The smallest absolute Gasteiger partial charge is 0.119 e. The third kappa shape index (κ3) is 4.23. The van der Waals surface area contributed by atoms with Crippen LogP contribution in [0.4, 0.5) is 11.4 Å². The fourth-order valence-electron chi connectivity index (χ4n) is 0.989. The van der Waals surface area contributed by atoms with Crippen LogP contribution in [-0.4, -0.2) is 10.2 Å². The lowest BCUT2D eigenvalue weighted by Crippen LogP contribution is -1.86. The van der Waals surface area contributed by atoms with Gasteiger partial charge in [0.2, 0.25) is 0 Å². The Morgan fingerprint density at radius 3 is 1.31 bits per heavy atom. The Morgan fingerprint density at radius 1 is 0.688 bits per heavy atom. The normalized spacial score (nSPS) is 9.00. The highest BCUT2D eigenvalue weighted by molar-refractivity contribution is 5.47.